The van der Waals surface area contributed by atoms with Crippen LogP contribution in [0.15, 0.2) is 36.5 Å². The molecule has 0 unspecified atom stereocenters. The summed E-state index contributed by atoms with van der Waals surface area (Å²) in [6.07, 6.45) is 1.23. The molecule has 2 aromatic rings. The molecule has 17 heavy (non-hydrogen) atoms. The highest BCUT2D eigenvalue weighted by molar-refractivity contribution is 5.82. The van der Waals surface area contributed by atoms with Crippen LogP contribution in [0.2, 0.25) is 0 Å². The Kier molecular flexibility index (Phi) is 2.71. The minimum absolute atomic E-state index is 0.238. The van der Waals surface area contributed by atoms with Crippen LogP contribution in [-0.2, 0) is 5.92 Å². The van der Waals surface area contributed by atoms with E-state index >= 15 is 0 Å². The Morgan fingerprint density at radius 3 is 2.71 bits per heavy atom. The first kappa shape index (κ1) is 11.4. The Labute approximate surface area is 95.0 Å². The van der Waals surface area contributed by atoms with E-state index in [1.165, 1.54) is 12.3 Å². The maximum atomic E-state index is 13.7. The molecule has 0 bridgehead atoms. The maximum Gasteiger partial charge on any atom is 0.336 e. The standard InChI is InChI=1S/C11H8F2N2O2/c12-11(13,7-15(16)17)9-5-6-14-10-4-2-1-3-8(9)10/h1-6H,7H2. The maximum absolute atomic E-state index is 13.7. The lowest BCUT2D eigenvalue weighted by Gasteiger charge is -2.14. The van der Waals surface area contributed by atoms with Crippen molar-refractivity contribution in [1.29, 1.82) is 0 Å². The molecule has 2 rings (SSSR count). The quantitative estimate of drug-likeness (QED) is 0.610. The molecular formula is C11H8F2N2O2. The third kappa shape index (κ3) is 2.20. The van der Waals surface area contributed by atoms with E-state index in [0.29, 0.717) is 5.52 Å². The van der Waals surface area contributed by atoms with Gasteiger partial charge in [0.1, 0.15) is 0 Å². The number of nitrogens with zero attached hydrogens (tertiary/aromatic N) is 2. The average molecular weight is 238 g/mol. The minimum atomic E-state index is -3.49. The molecule has 0 amide bonds. The highest BCUT2D eigenvalue weighted by atomic mass is 19.3. The highest BCUT2D eigenvalue weighted by Crippen LogP contribution is 2.32. The van der Waals surface area contributed by atoms with Gasteiger partial charge in [0, 0.05) is 22.1 Å². The molecule has 6 heteroatoms. The fourth-order valence-corrected chi connectivity index (χ4v) is 1.66. The monoisotopic (exact) mass is 238 g/mol. The van der Waals surface area contributed by atoms with Crippen LogP contribution in [-0.4, -0.2) is 16.5 Å². The summed E-state index contributed by atoms with van der Waals surface area (Å²) in [6.45, 7) is -1.42. The van der Waals surface area contributed by atoms with Crippen molar-refractivity contribution < 1.29 is 13.7 Å². The molecule has 0 aliphatic heterocycles. The molecule has 0 saturated heterocycles. The summed E-state index contributed by atoms with van der Waals surface area (Å²) in [5.74, 6) is -3.49. The second-order valence-corrected chi connectivity index (χ2v) is 3.57. The number of hydrogen-bond donors (Lipinski definition) is 0. The normalized spacial score (nSPS) is 11.6. The number of alkyl halides is 2. The first-order chi connectivity index (χ1) is 8.00. The number of nitro groups is 1. The van der Waals surface area contributed by atoms with E-state index in [9.17, 15) is 18.9 Å². The van der Waals surface area contributed by atoms with Crippen LogP contribution < -0.4 is 0 Å². The van der Waals surface area contributed by atoms with Crippen molar-refractivity contribution in [2.75, 3.05) is 6.54 Å². The predicted molar refractivity (Wildman–Crippen MR) is 57.5 cm³/mol. The molecule has 0 atom stereocenters. The van der Waals surface area contributed by atoms with E-state index in [1.807, 2.05) is 0 Å². The van der Waals surface area contributed by atoms with E-state index in [0.717, 1.165) is 6.07 Å². The van der Waals surface area contributed by atoms with Crippen LogP contribution in [0, 0.1) is 10.1 Å². The van der Waals surface area contributed by atoms with Gasteiger partial charge in [0.05, 0.1) is 5.52 Å². The smallest absolute Gasteiger partial charge is 0.264 e. The molecule has 0 saturated carbocycles. The SMILES string of the molecule is O=[N+]([O-])CC(F)(F)c1ccnc2ccccc12. The van der Waals surface area contributed by atoms with E-state index in [4.69, 9.17) is 0 Å². The molecule has 1 heterocycles. The first-order valence-corrected chi connectivity index (χ1v) is 4.84. The van der Waals surface area contributed by atoms with Gasteiger partial charge in [-0.05, 0) is 12.1 Å². The van der Waals surface area contributed by atoms with Gasteiger partial charge in [-0.2, -0.15) is 8.78 Å². The summed E-state index contributed by atoms with van der Waals surface area (Å²) >= 11 is 0. The summed E-state index contributed by atoms with van der Waals surface area (Å²) < 4.78 is 27.3. The van der Waals surface area contributed by atoms with Gasteiger partial charge in [0.25, 0.3) is 6.54 Å². The number of rotatable bonds is 3. The zero-order chi connectivity index (χ0) is 12.5. The molecule has 4 nitrogen and oxygen atoms in total. The Morgan fingerprint density at radius 1 is 1.29 bits per heavy atom. The summed E-state index contributed by atoms with van der Waals surface area (Å²) in [7, 11) is 0. The fourth-order valence-electron chi connectivity index (χ4n) is 1.66. The molecule has 88 valence electrons. The number of halogens is 2. The Morgan fingerprint density at radius 2 is 2.00 bits per heavy atom. The fraction of sp³-hybridized carbons (Fsp3) is 0.182. The number of benzene rings is 1. The number of pyridine rings is 1. The zero-order valence-corrected chi connectivity index (χ0v) is 8.64. The van der Waals surface area contributed by atoms with Crippen molar-refractivity contribution in [1.82, 2.24) is 4.98 Å². The van der Waals surface area contributed by atoms with Crippen molar-refractivity contribution in [3.63, 3.8) is 0 Å². The summed E-state index contributed by atoms with van der Waals surface area (Å²) in [4.78, 5) is 13.1. The van der Waals surface area contributed by atoms with Crippen LogP contribution in [0.25, 0.3) is 10.9 Å². The summed E-state index contributed by atoms with van der Waals surface area (Å²) in [5, 5.41) is 10.5. The number of hydrogen-bond acceptors (Lipinski definition) is 3. The largest absolute Gasteiger partial charge is 0.336 e. The molecule has 0 radical (unpaired) electrons. The van der Waals surface area contributed by atoms with Crippen molar-refractivity contribution in [3.8, 4) is 0 Å². The average Bonchev–Trinajstić information content (AvgIpc) is 2.26. The molecule has 0 aliphatic carbocycles. The second kappa shape index (κ2) is 4.04. The molecule has 1 aromatic carbocycles. The lowest BCUT2D eigenvalue weighted by Crippen LogP contribution is -2.25. The third-order valence-electron chi connectivity index (χ3n) is 2.37. The van der Waals surface area contributed by atoms with Crippen molar-refractivity contribution in [2.45, 2.75) is 5.92 Å². The second-order valence-electron chi connectivity index (χ2n) is 3.57. The van der Waals surface area contributed by atoms with Crippen LogP contribution in [0.3, 0.4) is 0 Å². The zero-order valence-electron chi connectivity index (χ0n) is 8.64. The van der Waals surface area contributed by atoms with Crippen molar-refractivity contribution in [2.24, 2.45) is 0 Å². The van der Waals surface area contributed by atoms with E-state index in [2.05, 4.69) is 4.98 Å². The van der Waals surface area contributed by atoms with Gasteiger partial charge >= 0.3 is 5.92 Å². The number of para-hydroxylation sites is 1. The van der Waals surface area contributed by atoms with E-state index < -0.39 is 17.4 Å². The minimum Gasteiger partial charge on any atom is -0.264 e. The van der Waals surface area contributed by atoms with Crippen molar-refractivity contribution >= 4 is 10.9 Å². The van der Waals surface area contributed by atoms with Crippen LogP contribution in [0.5, 0.6) is 0 Å². The molecule has 1 aromatic heterocycles. The Balaban J connectivity index is 2.58. The van der Waals surface area contributed by atoms with Gasteiger partial charge in [0.2, 0.25) is 0 Å². The Bertz CT molecular complexity index is 567. The third-order valence-corrected chi connectivity index (χ3v) is 2.37. The van der Waals surface area contributed by atoms with Crippen molar-refractivity contribution in [3.05, 3.63) is 52.2 Å². The summed E-state index contributed by atoms with van der Waals surface area (Å²) in [6, 6.07) is 7.44. The molecular weight excluding hydrogens is 230 g/mol. The predicted octanol–water partition coefficient (Wildman–Crippen LogP) is 2.60. The molecule has 0 N–H and O–H groups in total. The lowest BCUT2D eigenvalue weighted by molar-refractivity contribution is -0.507. The van der Waals surface area contributed by atoms with Gasteiger partial charge in [-0.1, -0.05) is 18.2 Å². The first-order valence-electron chi connectivity index (χ1n) is 4.84. The van der Waals surface area contributed by atoms with E-state index in [-0.39, 0.29) is 10.9 Å². The topological polar surface area (TPSA) is 56.0 Å². The van der Waals surface area contributed by atoms with Gasteiger partial charge in [-0.3, -0.25) is 15.1 Å². The molecule has 0 aliphatic rings. The Hall–Kier alpha value is -2.11. The number of aromatic nitrogens is 1. The highest BCUT2D eigenvalue weighted by Gasteiger charge is 2.39. The number of fused-ring (bicyclic) bond motifs is 1. The van der Waals surface area contributed by atoms with Gasteiger partial charge in [-0.25, -0.2) is 0 Å². The van der Waals surface area contributed by atoms with Crippen LogP contribution in [0.4, 0.5) is 8.78 Å². The summed E-state index contributed by atoms with van der Waals surface area (Å²) in [5.41, 5.74) is 0.0350. The lowest BCUT2D eigenvalue weighted by atomic mass is 10.0. The molecule has 0 fully saturated rings. The molecule has 0 spiro atoms. The van der Waals surface area contributed by atoms with Gasteiger partial charge in [0.15, 0.2) is 0 Å². The van der Waals surface area contributed by atoms with Gasteiger partial charge < -0.3 is 0 Å². The van der Waals surface area contributed by atoms with Crippen LogP contribution in [0.1, 0.15) is 5.56 Å². The van der Waals surface area contributed by atoms with E-state index in [1.54, 1.807) is 18.2 Å². The van der Waals surface area contributed by atoms with Gasteiger partial charge in [-0.15, -0.1) is 0 Å². The van der Waals surface area contributed by atoms with Crippen LogP contribution >= 0.6 is 0 Å².